The Balaban J connectivity index is 2.50. The molecule has 0 amide bonds. The number of hydrogen-bond donors (Lipinski definition) is 2. The standard InChI is InChI=1S/C15H27NOSi/c1-15(2,12-17)11-16-10-13-6-8-14(9-7-13)18(3,4)5/h6-9,16-17H,10-12H2,1-5H3. The molecule has 0 saturated carbocycles. The van der Waals surface area contributed by atoms with Crippen molar-refractivity contribution in [3.05, 3.63) is 29.8 Å². The molecule has 0 aromatic heterocycles. The summed E-state index contributed by atoms with van der Waals surface area (Å²) in [7, 11) is -1.18. The van der Waals surface area contributed by atoms with Gasteiger partial charge < -0.3 is 10.4 Å². The zero-order valence-corrected chi connectivity index (χ0v) is 13.4. The van der Waals surface area contributed by atoms with E-state index in [9.17, 15) is 5.11 Å². The predicted molar refractivity (Wildman–Crippen MR) is 82.0 cm³/mol. The van der Waals surface area contributed by atoms with Crippen molar-refractivity contribution < 1.29 is 5.11 Å². The van der Waals surface area contributed by atoms with Crippen molar-refractivity contribution >= 4 is 13.3 Å². The molecule has 18 heavy (non-hydrogen) atoms. The Bertz CT molecular complexity index is 365. The topological polar surface area (TPSA) is 32.3 Å². The molecule has 0 atom stereocenters. The lowest BCUT2D eigenvalue weighted by Gasteiger charge is -2.22. The first kappa shape index (κ1) is 15.4. The molecule has 0 fully saturated rings. The molecular formula is C15H27NOSi. The number of aliphatic hydroxyl groups is 1. The highest BCUT2D eigenvalue weighted by atomic mass is 28.3. The van der Waals surface area contributed by atoms with Crippen LogP contribution in [0, 0.1) is 5.41 Å². The van der Waals surface area contributed by atoms with Crippen LogP contribution in [0.1, 0.15) is 19.4 Å². The molecular weight excluding hydrogens is 238 g/mol. The third kappa shape index (κ3) is 4.92. The Morgan fingerprint density at radius 3 is 2.11 bits per heavy atom. The third-order valence-electron chi connectivity index (χ3n) is 3.18. The van der Waals surface area contributed by atoms with Gasteiger partial charge in [0.1, 0.15) is 0 Å². The van der Waals surface area contributed by atoms with Crippen LogP contribution >= 0.6 is 0 Å². The minimum Gasteiger partial charge on any atom is -0.396 e. The van der Waals surface area contributed by atoms with Gasteiger partial charge in [0.2, 0.25) is 0 Å². The van der Waals surface area contributed by atoms with E-state index in [4.69, 9.17) is 0 Å². The van der Waals surface area contributed by atoms with Gasteiger partial charge in [-0.25, -0.2) is 0 Å². The number of benzene rings is 1. The van der Waals surface area contributed by atoms with E-state index in [1.807, 2.05) is 0 Å². The van der Waals surface area contributed by atoms with Crippen molar-refractivity contribution in [3.63, 3.8) is 0 Å². The fraction of sp³-hybridized carbons (Fsp3) is 0.600. The van der Waals surface area contributed by atoms with Crippen molar-refractivity contribution in [2.24, 2.45) is 5.41 Å². The first-order valence-corrected chi connectivity index (χ1v) is 10.2. The molecule has 0 spiro atoms. The maximum atomic E-state index is 9.18. The second-order valence-electron chi connectivity index (χ2n) is 6.87. The first-order valence-electron chi connectivity index (χ1n) is 6.66. The Morgan fingerprint density at radius 1 is 1.11 bits per heavy atom. The highest BCUT2D eigenvalue weighted by molar-refractivity contribution is 6.88. The molecule has 0 aliphatic rings. The van der Waals surface area contributed by atoms with Crippen molar-refractivity contribution in [1.82, 2.24) is 5.32 Å². The van der Waals surface area contributed by atoms with E-state index in [0.29, 0.717) is 0 Å². The van der Waals surface area contributed by atoms with E-state index in [1.54, 1.807) is 0 Å². The quantitative estimate of drug-likeness (QED) is 0.774. The zero-order chi connectivity index (χ0) is 13.8. The molecule has 1 rings (SSSR count). The monoisotopic (exact) mass is 265 g/mol. The van der Waals surface area contributed by atoms with Crippen LogP contribution in [0.15, 0.2) is 24.3 Å². The molecule has 0 unspecified atom stereocenters. The Kier molecular flexibility index (Phi) is 5.14. The van der Waals surface area contributed by atoms with Crippen molar-refractivity contribution in [2.75, 3.05) is 13.2 Å². The van der Waals surface area contributed by atoms with Crippen LogP contribution in [0.3, 0.4) is 0 Å². The average Bonchev–Trinajstić information content (AvgIpc) is 2.28. The fourth-order valence-corrected chi connectivity index (χ4v) is 2.89. The van der Waals surface area contributed by atoms with Crippen LogP contribution < -0.4 is 10.5 Å². The first-order chi connectivity index (χ1) is 8.24. The fourth-order valence-electron chi connectivity index (χ4n) is 1.72. The lowest BCUT2D eigenvalue weighted by molar-refractivity contribution is 0.156. The number of hydrogen-bond acceptors (Lipinski definition) is 2. The van der Waals surface area contributed by atoms with Gasteiger partial charge in [0, 0.05) is 25.1 Å². The third-order valence-corrected chi connectivity index (χ3v) is 5.25. The largest absolute Gasteiger partial charge is 0.396 e. The van der Waals surface area contributed by atoms with E-state index < -0.39 is 8.07 Å². The number of nitrogens with one attached hydrogen (secondary N) is 1. The van der Waals surface area contributed by atoms with E-state index in [2.05, 4.69) is 63.1 Å². The summed E-state index contributed by atoms with van der Waals surface area (Å²) in [6.07, 6.45) is 0. The van der Waals surface area contributed by atoms with Gasteiger partial charge >= 0.3 is 0 Å². The highest BCUT2D eigenvalue weighted by Crippen LogP contribution is 2.11. The van der Waals surface area contributed by atoms with Gasteiger partial charge in [0.25, 0.3) is 0 Å². The van der Waals surface area contributed by atoms with Crippen molar-refractivity contribution in [1.29, 1.82) is 0 Å². The van der Waals surface area contributed by atoms with Crippen LogP contribution in [-0.2, 0) is 6.54 Å². The smallest absolute Gasteiger partial charge is 0.0775 e. The van der Waals surface area contributed by atoms with Gasteiger partial charge in [-0.1, -0.05) is 62.9 Å². The average molecular weight is 265 g/mol. The predicted octanol–water partition coefficient (Wildman–Crippen LogP) is 2.34. The molecule has 0 aliphatic heterocycles. The van der Waals surface area contributed by atoms with Crippen LogP contribution in [0.5, 0.6) is 0 Å². The molecule has 3 heteroatoms. The summed E-state index contributed by atoms with van der Waals surface area (Å²) >= 11 is 0. The molecule has 2 N–H and O–H groups in total. The molecule has 1 aromatic rings. The van der Waals surface area contributed by atoms with Crippen molar-refractivity contribution in [2.45, 2.75) is 40.0 Å². The maximum Gasteiger partial charge on any atom is 0.0775 e. The van der Waals surface area contributed by atoms with E-state index >= 15 is 0 Å². The minimum absolute atomic E-state index is 0.0434. The van der Waals surface area contributed by atoms with Gasteiger partial charge in [-0.2, -0.15) is 0 Å². The lowest BCUT2D eigenvalue weighted by Crippen LogP contribution is -2.37. The maximum absolute atomic E-state index is 9.18. The van der Waals surface area contributed by atoms with Crippen LogP contribution in [-0.4, -0.2) is 26.3 Å². The van der Waals surface area contributed by atoms with Gasteiger partial charge in [-0.05, 0) is 5.56 Å². The zero-order valence-electron chi connectivity index (χ0n) is 12.4. The number of rotatable bonds is 6. The molecule has 0 bridgehead atoms. The second kappa shape index (κ2) is 6.00. The van der Waals surface area contributed by atoms with E-state index in [1.165, 1.54) is 10.8 Å². The van der Waals surface area contributed by atoms with Gasteiger partial charge in [0.05, 0.1) is 8.07 Å². The van der Waals surface area contributed by atoms with Gasteiger partial charge in [0.15, 0.2) is 0 Å². The molecule has 1 aromatic carbocycles. The summed E-state index contributed by atoms with van der Waals surface area (Å²) in [6, 6.07) is 8.96. The summed E-state index contributed by atoms with van der Waals surface area (Å²) in [5.74, 6) is 0. The molecule has 102 valence electrons. The summed E-state index contributed by atoms with van der Waals surface area (Å²) in [6.45, 7) is 13.1. The van der Waals surface area contributed by atoms with Crippen LogP contribution in [0.4, 0.5) is 0 Å². The summed E-state index contributed by atoms with van der Waals surface area (Å²) in [5.41, 5.74) is 1.27. The Labute approximate surface area is 112 Å². The SMILES string of the molecule is CC(C)(CO)CNCc1ccc([Si](C)(C)C)cc1. The van der Waals surface area contributed by atoms with Gasteiger partial charge in [-0.15, -0.1) is 0 Å². The van der Waals surface area contributed by atoms with E-state index in [0.717, 1.165) is 13.1 Å². The molecule has 0 aliphatic carbocycles. The van der Waals surface area contributed by atoms with Crippen LogP contribution in [0.25, 0.3) is 0 Å². The molecule has 0 radical (unpaired) electrons. The Morgan fingerprint density at radius 2 is 1.67 bits per heavy atom. The summed E-state index contributed by atoms with van der Waals surface area (Å²) in [5, 5.41) is 14.1. The van der Waals surface area contributed by atoms with Gasteiger partial charge in [-0.3, -0.25) is 0 Å². The molecule has 2 nitrogen and oxygen atoms in total. The van der Waals surface area contributed by atoms with Crippen LogP contribution in [0.2, 0.25) is 19.6 Å². The minimum atomic E-state index is -1.18. The van der Waals surface area contributed by atoms with Crippen molar-refractivity contribution in [3.8, 4) is 0 Å². The number of aliphatic hydroxyl groups excluding tert-OH is 1. The lowest BCUT2D eigenvalue weighted by atomic mass is 9.95. The summed E-state index contributed by atoms with van der Waals surface area (Å²) in [4.78, 5) is 0. The normalized spacial score (nSPS) is 12.8. The molecule has 0 saturated heterocycles. The Hall–Kier alpha value is -0.643. The van der Waals surface area contributed by atoms with E-state index in [-0.39, 0.29) is 12.0 Å². The second-order valence-corrected chi connectivity index (χ2v) is 12.0. The summed E-state index contributed by atoms with van der Waals surface area (Å²) < 4.78 is 0. The molecule has 0 heterocycles. The highest BCUT2D eigenvalue weighted by Gasteiger charge is 2.16.